The maximum Gasteiger partial charge on any atom is 0.352 e. The number of β-lactam (4-membered cyclic amide) rings is 1. The predicted octanol–water partition coefficient (Wildman–Crippen LogP) is -2.18. The molecule has 0 spiro atoms. The third kappa shape index (κ3) is 4.97. The topological polar surface area (TPSA) is 238 Å². The largest absolute Gasteiger partial charge is 0.614 e. The van der Waals surface area contributed by atoms with Crippen molar-refractivity contribution >= 4 is 62.9 Å². The number of oxime groups is 1. The molecule has 16 nitrogen and oxygen atoms in total. The summed E-state index contributed by atoms with van der Waals surface area (Å²) in [6.45, 7) is 0. The van der Waals surface area contributed by atoms with Crippen LogP contribution in [0.4, 0.5) is 5.13 Å². The number of aromatic nitrogens is 4. The lowest BCUT2D eigenvalue weighted by Crippen LogP contribution is -2.75. The van der Waals surface area contributed by atoms with Crippen molar-refractivity contribution in [1.82, 2.24) is 30.0 Å². The molecule has 0 bridgehead atoms. The van der Waals surface area contributed by atoms with E-state index in [0.717, 1.165) is 32.7 Å². The average Bonchev–Trinajstić information content (AvgIpc) is 3.27. The second-order valence-corrected chi connectivity index (χ2v) is 10.8. The van der Waals surface area contributed by atoms with Crippen molar-refractivity contribution in [3.8, 4) is 5.88 Å². The molecule has 0 radical (unpaired) electrons. The van der Waals surface area contributed by atoms with Crippen LogP contribution in [0.5, 0.6) is 5.88 Å². The van der Waals surface area contributed by atoms with E-state index in [-0.39, 0.29) is 44.5 Å². The molecule has 2 aromatic heterocycles. The minimum Gasteiger partial charge on any atom is -0.614 e. The lowest BCUT2D eigenvalue weighted by atomic mass is 10.0. The molecule has 2 aromatic rings. The quantitative estimate of drug-likeness (QED) is 0.0868. The van der Waals surface area contributed by atoms with Gasteiger partial charge in [0, 0.05) is 23.8 Å². The van der Waals surface area contributed by atoms with Gasteiger partial charge in [-0.25, -0.2) is 14.5 Å². The number of anilines is 1. The molecule has 2 aliphatic heterocycles. The summed E-state index contributed by atoms with van der Waals surface area (Å²) in [5.74, 6) is -4.15. The first-order valence-electron chi connectivity index (χ1n) is 10.1. The number of rotatable bonds is 8. The number of nitrogen functional groups attached to an aromatic ring is 1. The maximum absolute atomic E-state index is 13.0. The molecular weight excluding hydrogens is 552 g/mol. The number of carboxylic acid groups (broad SMARTS) is 1. The van der Waals surface area contributed by atoms with E-state index in [0.29, 0.717) is 0 Å². The molecule has 19 heteroatoms. The molecule has 4 rings (SSSR count). The molecule has 0 saturated carbocycles. The van der Waals surface area contributed by atoms with Crippen LogP contribution in [0.25, 0.3) is 0 Å². The molecule has 196 valence electrons. The first-order valence-corrected chi connectivity index (χ1v) is 13.3. The van der Waals surface area contributed by atoms with E-state index >= 15 is 0 Å². The number of hydrogen-bond donors (Lipinski definition) is 4. The van der Waals surface area contributed by atoms with Crippen molar-refractivity contribution in [2.45, 2.75) is 16.6 Å². The van der Waals surface area contributed by atoms with Crippen LogP contribution in [0.3, 0.4) is 0 Å². The Hall–Kier alpha value is -3.68. The van der Waals surface area contributed by atoms with Gasteiger partial charge in [-0.3, -0.25) is 19.3 Å². The van der Waals surface area contributed by atoms with Gasteiger partial charge < -0.3 is 30.7 Å². The number of nitrogens with one attached hydrogen (secondary N) is 1. The Morgan fingerprint density at radius 3 is 2.78 bits per heavy atom. The fourth-order valence-corrected chi connectivity index (χ4v) is 6.86. The van der Waals surface area contributed by atoms with Gasteiger partial charge in [0.15, 0.2) is 22.0 Å². The molecule has 1 fully saturated rings. The number of nitrogens with two attached hydrogens (primary N) is 1. The van der Waals surface area contributed by atoms with Crippen LogP contribution in [0.15, 0.2) is 31.8 Å². The second kappa shape index (κ2) is 10.4. The van der Waals surface area contributed by atoms with Gasteiger partial charge in [-0.2, -0.15) is 4.98 Å². The van der Waals surface area contributed by atoms with Crippen molar-refractivity contribution in [3.63, 3.8) is 0 Å². The van der Waals surface area contributed by atoms with Gasteiger partial charge in [-0.15, -0.1) is 16.4 Å². The number of thiazole rings is 1. The molecule has 2 aliphatic rings. The Balaban J connectivity index is 1.55. The average molecular weight is 571 g/mol. The van der Waals surface area contributed by atoms with Gasteiger partial charge in [0.05, 0.1) is 0 Å². The number of thioether (sulfide) groups is 1. The fourth-order valence-electron chi connectivity index (χ4n) is 3.58. The number of aryl methyl sites for hydroxylation is 1. The van der Waals surface area contributed by atoms with E-state index in [9.17, 15) is 33.9 Å². The number of hydrogen-bond acceptors (Lipinski definition) is 14. The highest BCUT2D eigenvalue weighted by atomic mass is 32.2. The number of carboxylic acids is 1. The van der Waals surface area contributed by atoms with Crippen LogP contribution in [-0.2, 0) is 37.4 Å². The fraction of sp³-hybridized carbons (Fsp3) is 0.333. The summed E-state index contributed by atoms with van der Waals surface area (Å²) >= 11 is 0.189. The van der Waals surface area contributed by atoms with Gasteiger partial charge in [0.25, 0.3) is 17.7 Å². The molecule has 0 unspecified atom stereocenters. The molecule has 2 amide bonds. The molecular formula is C18H18N8O8S3. The smallest absolute Gasteiger partial charge is 0.352 e. The monoisotopic (exact) mass is 570 g/mol. The van der Waals surface area contributed by atoms with Crippen LogP contribution in [-0.4, -0.2) is 92.9 Å². The summed E-state index contributed by atoms with van der Waals surface area (Å²) in [7, 11) is 2.63. The molecule has 1 saturated heterocycles. The predicted molar refractivity (Wildman–Crippen MR) is 130 cm³/mol. The summed E-state index contributed by atoms with van der Waals surface area (Å²) in [5, 5.41) is 29.4. The summed E-state index contributed by atoms with van der Waals surface area (Å²) in [4.78, 5) is 62.6. The van der Waals surface area contributed by atoms with E-state index in [1.54, 1.807) is 0 Å². The van der Waals surface area contributed by atoms with E-state index in [2.05, 4.69) is 30.4 Å². The Bertz CT molecular complexity index is 1410. The van der Waals surface area contributed by atoms with Gasteiger partial charge in [0.1, 0.15) is 24.3 Å². The highest BCUT2D eigenvalue weighted by Gasteiger charge is 2.61. The number of aliphatic carboxylic acids is 1. The Labute approximate surface area is 218 Å². The van der Waals surface area contributed by atoms with Crippen LogP contribution in [0.2, 0.25) is 0 Å². The molecule has 0 aromatic carbocycles. The van der Waals surface area contributed by atoms with Crippen LogP contribution >= 0.6 is 23.1 Å². The van der Waals surface area contributed by atoms with Crippen molar-refractivity contribution in [2.75, 3.05) is 24.3 Å². The van der Waals surface area contributed by atoms with Crippen LogP contribution in [0.1, 0.15) is 5.69 Å². The second-order valence-electron chi connectivity index (χ2n) is 7.46. The molecule has 3 atom stereocenters. The van der Waals surface area contributed by atoms with Gasteiger partial charge in [-0.1, -0.05) is 16.9 Å². The molecule has 5 N–H and O–H groups in total. The normalized spacial score (nSPS) is 21.4. The number of aromatic hydroxyl groups is 1. The summed E-state index contributed by atoms with van der Waals surface area (Å²) < 4.78 is 14.2. The lowest BCUT2D eigenvalue weighted by Gasteiger charge is -2.49. The summed E-state index contributed by atoms with van der Waals surface area (Å²) in [5.41, 5.74) is 4.26. The van der Waals surface area contributed by atoms with E-state index < -0.39 is 51.8 Å². The Morgan fingerprint density at radius 1 is 1.43 bits per heavy atom. The summed E-state index contributed by atoms with van der Waals surface area (Å²) in [6.07, 6.45) is 0. The highest BCUT2D eigenvalue weighted by molar-refractivity contribution is 7.99. The number of amides is 2. The first-order chi connectivity index (χ1) is 17.5. The number of carbonyl (C=O) groups excluding carboxylic acids is 2. The number of fused-ring (bicyclic) bond motifs is 1. The van der Waals surface area contributed by atoms with Crippen LogP contribution in [0, 0.1) is 0 Å². The van der Waals surface area contributed by atoms with Crippen molar-refractivity contribution in [1.29, 1.82) is 0 Å². The minimum absolute atomic E-state index is 0.0701. The standard InChI is InChI=1S/C18H18N8O8S3/c1-25-18(22-12(28)13(29)23-25)36-3-6-5-37(33)15-9(14(30)26(15)10(6)16(31)32)21-11(27)8(24-34-2)7-4-35-17(19)20-7/h4,9,15H,3,5H2,1-2H3,(H2,19,20)(H,21,27)(H,23,29)(H,31,32)/b24-8-/t9-,15-,37+/m1/s1. The third-order valence-electron chi connectivity index (χ3n) is 5.14. The number of nitrogens with zero attached hydrogens (tertiary/aromatic N) is 6. The van der Waals surface area contributed by atoms with Gasteiger partial charge >= 0.3 is 11.5 Å². The Morgan fingerprint density at radius 2 is 2.16 bits per heavy atom. The minimum atomic E-state index is -1.78. The third-order valence-corrected chi connectivity index (χ3v) is 8.58. The maximum atomic E-state index is 13.0. The molecule has 37 heavy (non-hydrogen) atoms. The van der Waals surface area contributed by atoms with E-state index in [1.807, 2.05) is 0 Å². The number of carbonyl (C=O) groups is 3. The highest BCUT2D eigenvalue weighted by Crippen LogP contribution is 2.38. The van der Waals surface area contributed by atoms with Crippen molar-refractivity contribution in [3.05, 3.63) is 32.7 Å². The first kappa shape index (κ1) is 26.4. The SMILES string of the molecule is CO/N=C(\C(=O)N[C@@H]1C(=O)N2C(C(=O)O)=C(CSc3nc(=O)c(O)nn3C)C[S@+]([O-])[C@H]12)c1csc(N)n1. The zero-order valence-corrected chi connectivity index (χ0v) is 21.4. The van der Waals surface area contributed by atoms with Crippen LogP contribution < -0.4 is 16.6 Å². The van der Waals surface area contributed by atoms with Gasteiger partial charge in [-0.05, 0) is 11.2 Å². The van der Waals surface area contributed by atoms with Gasteiger partial charge in [0.2, 0.25) is 5.37 Å². The van der Waals surface area contributed by atoms with E-state index in [1.165, 1.54) is 19.5 Å². The Kier molecular flexibility index (Phi) is 7.39. The lowest BCUT2D eigenvalue weighted by molar-refractivity contribution is -0.150. The molecule has 0 aliphatic carbocycles. The zero-order chi connectivity index (χ0) is 27.0. The van der Waals surface area contributed by atoms with E-state index in [4.69, 9.17) is 5.73 Å². The van der Waals surface area contributed by atoms with Crippen molar-refractivity contribution < 1.29 is 34.0 Å². The summed E-state index contributed by atoms with van der Waals surface area (Å²) in [6, 6.07) is -1.28. The van der Waals surface area contributed by atoms with Crippen molar-refractivity contribution in [2.24, 2.45) is 12.2 Å². The zero-order valence-electron chi connectivity index (χ0n) is 19.0. The molecule has 4 heterocycles.